The number of carbonyl (C=O) groups excluding carboxylic acids is 2. The van der Waals surface area contributed by atoms with Gasteiger partial charge in [0.2, 0.25) is 0 Å². The number of hydrogen-bond donors (Lipinski definition) is 0. The Morgan fingerprint density at radius 3 is 2.11 bits per heavy atom. The monoisotopic (exact) mass is 473 g/mol. The molecule has 3 aromatic rings. The van der Waals surface area contributed by atoms with Crippen molar-refractivity contribution in [3.63, 3.8) is 0 Å². The van der Waals surface area contributed by atoms with Gasteiger partial charge in [0.05, 0.1) is 12.2 Å². The molecule has 5 nitrogen and oxygen atoms in total. The van der Waals surface area contributed by atoms with Crippen LogP contribution in [0.1, 0.15) is 57.6 Å². The van der Waals surface area contributed by atoms with Crippen molar-refractivity contribution in [1.29, 1.82) is 0 Å². The van der Waals surface area contributed by atoms with Crippen molar-refractivity contribution in [3.05, 3.63) is 84.1 Å². The molecule has 0 unspecified atom stereocenters. The van der Waals surface area contributed by atoms with E-state index in [2.05, 4.69) is 41.6 Å². The van der Waals surface area contributed by atoms with Crippen LogP contribution < -0.4 is 0 Å². The molecule has 35 heavy (non-hydrogen) atoms. The highest BCUT2D eigenvalue weighted by molar-refractivity contribution is 6.01. The van der Waals surface area contributed by atoms with Gasteiger partial charge in [0.1, 0.15) is 0 Å². The van der Waals surface area contributed by atoms with Gasteiger partial charge in [-0.1, -0.05) is 60.7 Å². The Kier molecular flexibility index (Phi) is 6.88. The van der Waals surface area contributed by atoms with E-state index in [0.29, 0.717) is 6.42 Å². The van der Waals surface area contributed by atoms with Gasteiger partial charge in [0.15, 0.2) is 5.41 Å². The van der Waals surface area contributed by atoms with E-state index < -0.39 is 17.4 Å². The van der Waals surface area contributed by atoms with Crippen LogP contribution in [0.2, 0.25) is 0 Å². The summed E-state index contributed by atoms with van der Waals surface area (Å²) < 4.78 is 13.4. The molecule has 5 heteroatoms. The van der Waals surface area contributed by atoms with Crippen LogP contribution in [0.3, 0.4) is 0 Å². The van der Waals surface area contributed by atoms with Crippen LogP contribution in [0, 0.1) is 11.3 Å². The number of ether oxygens (including phenoxy) is 2. The maximum atomic E-state index is 13.4. The van der Waals surface area contributed by atoms with Crippen molar-refractivity contribution in [2.75, 3.05) is 0 Å². The lowest BCUT2D eigenvalue weighted by atomic mass is 9.76. The van der Waals surface area contributed by atoms with Gasteiger partial charge in [-0.25, -0.2) is 0 Å². The van der Waals surface area contributed by atoms with Crippen molar-refractivity contribution < 1.29 is 19.1 Å². The van der Waals surface area contributed by atoms with Gasteiger partial charge in [-0.05, 0) is 63.6 Å². The third kappa shape index (κ3) is 4.64. The van der Waals surface area contributed by atoms with E-state index in [1.54, 1.807) is 27.7 Å². The molecular weight excluding hydrogens is 438 g/mol. The van der Waals surface area contributed by atoms with E-state index in [9.17, 15) is 9.59 Å². The molecule has 184 valence electrons. The van der Waals surface area contributed by atoms with Gasteiger partial charge in [-0.2, -0.15) is 0 Å². The predicted molar refractivity (Wildman–Crippen MR) is 138 cm³/mol. The molecule has 0 N–H and O–H groups in total. The maximum Gasteiger partial charge on any atom is 0.324 e. The van der Waals surface area contributed by atoms with Gasteiger partial charge in [-0.3, -0.25) is 9.59 Å². The minimum atomic E-state index is -1.39. The summed E-state index contributed by atoms with van der Waals surface area (Å²) in [4.78, 5) is 26.9. The molecule has 1 fully saturated rings. The van der Waals surface area contributed by atoms with Gasteiger partial charge in [-0.15, -0.1) is 0 Å². The lowest BCUT2D eigenvalue weighted by molar-refractivity contribution is -0.176. The summed E-state index contributed by atoms with van der Waals surface area (Å²) in [5, 5.41) is 1.16. The molecule has 1 heterocycles. The largest absolute Gasteiger partial charge is 0.462 e. The summed E-state index contributed by atoms with van der Waals surface area (Å²) in [5.74, 6) is -1.25. The summed E-state index contributed by atoms with van der Waals surface area (Å²) in [6.07, 6.45) is 2.02. The molecule has 4 rings (SSSR count). The topological polar surface area (TPSA) is 57.5 Å². The van der Waals surface area contributed by atoms with E-state index in [1.165, 1.54) is 0 Å². The second-order valence-electron chi connectivity index (χ2n) is 10.2. The Hall–Kier alpha value is -3.34. The molecule has 0 bridgehead atoms. The molecule has 1 saturated carbocycles. The molecule has 1 aliphatic carbocycles. The fourth-order valence-corrected chi connectivity index (χ4v) is 5.42. The van der Waals surface area contributed by atoms with E-state index in [4.69, 9.17) is 9.47 Å². The standard InChI is InChI=1S/C30H35NO4/c1-19(2)34-28(32)30(29(33)35-20(3)4)16-21(5)24(17-30)27(22-12-8-7-9-13-22)25-18-31(6)26-15-11-10-14-23(25)26/h7-15,18-20,24,27H,5,16-17H2,1-4,6H3/t24-,27-/m1/s1. The first-order valence-electron chi connectivity index (χ1n) is 12.3. The third-order valence-corrected chi connectivity index (χ3v) is 6.91. The minimum Gasteiger partial charge on any atom is -0.462 e. The van der Waals surface area contributed by atoms with E-state index in [1.807, 2.05) is 37.4 Å². The molecule has 0 radical (unpaired) electrons. The highest BCUT2D eigenvalue weighted by atomic mass is 16.6. The van der Waals surface area contributed by atoms with Gasteiger partial charge in [0.25, 0.3) is 0 Å². The number of esters is 2. The fourth-order valence-electron chi connectivity index (χ4n) is 5.42. The van der Waals surface area contributed by atoms with Crippen molar-refractivity contribution in [2.45, 2.75) is 58.7 Å². The molecular formula is C30H35NO4. The Bertz CT molecular complexity index is 1220. The van der Waals surface area contributed by atoms with Crippen LogP contribution in [-0.4, -0.2) is 28.7 Å². The van der Waals surface area contributed by atoms with Crippen molar-refractivity contribution in [2.24, 2.45) is 18.4 Å². The second-order valence-corrected chi connectivity index (χ2v) is 10.2. The average Bonchev–Trinajstić information content (AvgIpc) is 3.33. The zero-order chi connectivity index (χ0) is 25.3. The molecule has 2 atom stereocenters. The number of aromatic nitrogens is 1. The summed E-state index contributed by atoms with van der Waals surface area (Å²) >= 11 is 0. The molecule has 1 aromatic heterocycles. The molecule has 2 aromatic carbocycles. The number of nitrogens with zero attached hydrogens (tertiary/aromatic N) is 1. The SMILES string of the molecule is C=C1CC(C(=O)OC(C)C)(C(=O)OC(C)C)C[C@H]1[C@@H](c1ccccc1)c1cn(C)c2ccccc12. The highest BCUT2D eigenvalue weighted by Crippen LogP contribution is 2.54. The van der Waals surface area contributed by atoms with Crippen LogP contribution in [0.15, 0.2) is 72.9 Å². The quantitative estimate of drug-likeness (QED) is 0.234. The Labute approximate surface area is 207 Å². The maximum absolute atomic E-state index is 13.4. The number of para-hydroxylation sites is 1. The number of rotatable bonds is 7. The van der Waals surface area contributed by atoms with E-state index in [0.717, 1.165) is 27.6 Å². The van der Waals surface area contributed by atoms with Crippen LogP contribution >= 0.6 is 0 Å². The second kappa shape index (κ2) is 9.73. The number of benzene rings is 2. The zero-order valence-electron chi connectivity index (χ0n) is 21.3. The van der Waals surface area contributed by atoms with Gasteiger partial charge in [0, 0.05) is 30.1 Å². The first-order chi connectivity index (χ1) is 16.6. The summed E-state index contributed by atoms with van der Waals surface area (Å²) in [5.41, 5.74) is 2.89. The Morgan fingerprint density at radius 1 is 0.943 bits per heavy atom. The number of aryl methyl sites for hydroxylation is 1. The predicted octanol–water partition coefficient (Wildman–Crippen LogP) is 6.17. The van der Waals surface area contributed by atoms with E-state index in [-0.39, 0.29) is 30.5 Å². The number of fused-ring (bicyclic) bond motifs is 1. The Balaban J connectivity index is 1.84. The molecule has 0 amide bonds. The highest BCUT2D eigenvalue weighted by Gasteiger charge is 2.57. The normalized spacial score (nSPS) is 18.3. The number of carbonyl (C=O) groups is 2. The van der Waals surface area contributed by atoms with Crippen molar-refractivity contribution >= 4 is 22.8 Å². The van der Waals surface area contributed by atoms with E-state index >= 15 is 0 Å². The summed E-state index contributed by atoms with van der Waals surface area (Å²) in [6.45, 7) is 11.6. The van der Waals surface area contributed by atoms with Crippen LogP contribution in [0.5, 0.6) is 0 Å². The smallest absolute Gasteiger partial charge is 0.324 e. The van der Waals surface area contributed by atoms with Gasteiger partial charge >= 0.3 is 11.9 Å². The minimum absolute atomic E-state index is 0.0737. The van der Waals surface area contributed by atoms with Crippen LogP contribution in [-0.2, 0) is 26.1 Å². The van der Waals surface area contributed by atoms with Gasteiger partial charge < -0.3 is 14.0 Å². The third-order valence-electron chi connectivity index (χ3n) is 6.91. The average molecular weight is 474 g/mol. The lowest BCUT2D eigenvalue weighted by Gasteiger charge is -2.29. The Morgan fingerprint density at radius 2 is 1.51 bits per heavy atom. The fraction of sp³-hybridized carbons (Fsp3) is 0.400. The van der Waals surface area contributed by atoms with Crippen molar-refractivity contribution in [3.8, 4) is 0 Å². The van der Waals surface area contributed by atoms with Crippen LogP contribution in [0.25, 0.3) is 10.9 Å². The first-order valence-corrected chi connectivity index (χ1v) is 12.3. The summed E-state index contributed by atoms with van der Waals surface area (Å²) in [7, 11) is 2.04. The number of allylic oxidation sites excluding steroid dienone is 1. The molecule has 0 aliphatic heterocycles. The number of hydrogen-bond acceptors (Lipinski definition) is 4. The molecule has 0 saturated heterocycles. The molecule has 1 aliphatic rings. The van der Waals surface area contributed by atoms with Crippen LogP contribution in [0.4, 0.5) is 0 Å². The van der Waals surface area contributed by atoms with Crippen molar-refractivity contribution in [1.82, 2.24) is 4.57 Å². The lowest BCUT2D eigenvalue weighted by Crippen LogP contribution is -2.42. The zero-order valence-corrected chi connectivity index (χ0v) is 21.3. The first kappa shape index (κ1) is 24.8. The molecule has 0 spiro atoms. The summed E-state index contributed by atoms with van der Waals surface area (Å²) in [6, 6.07) is 18.6.